The van der Waals surface area contributed by atoms with Gasteiger partial charge in [0, 0.05) is 11.8 Å². The zero-order valence-corrected chi connectivity index (χ0v) is 16.5. The van der Waals surface area contributed by atoms with Crippen LogP contribution in [0.25, 0.3) is 0 Å². The molecule has 2 heterocycles. The number of carbonyl (C=O) groups is 3. The maximum atomic E-state index is 12.6. The minimum atomic E-state index is -0.692. The van der Waals surface area contributed by atoms with Crippen molar-refractivity contribution in [3.05, 3.63) is 76.4 Å². The lowest BCUT2D eigenvalue weighted by Crippen LogP contribution is -2.43. The number of aromatic nitrogens is 2. The van der Waals surface area contributed by atoms with Crippen molar-refractivity contribution in [1.29, 1.82) is 0 Å². The molecule has 0 spiro atoms. The minimum absolute atomic E-state index is 0.0546. The monoisotopic (exact) mass is 423 g/mol. The largest absolute Gasteiger partial charge is 0.339 e. The van der Waals surface area contributed by atoms with Crippen LogP contribution in [0.1, 0.15) is 32.8 Å². The zero-order chi connectivity index (χ0) is 21.1. The van der Waals surface area contributed by atoms with Gasteiger partial charge in [-0.25, -0.2) is 0 Å². The van der Waals surface area contributed by atoms with Crippen LogP contribution in [0, 0.1) is 0 Å². The van der Waals surface area contributed by atoms with Gasteiger partial charge in [-0.05, 0) is 36.6 Å². The van der Waals surface area contributed by atoms with Gasteiger partial charge in [0.15, 0.2) is 5.69 Å². The molecule has 30 heavy (non-hydrogen) atoms. The topological polar surface area (TPSA) is 116 Å². The lowest BCUT2D eigenvalue weighted by Gasteiger charge is -2.14. The van der Waals surface area contributed by atoms with Gasteiger partial charge in [-0.3, -0.25) is 19.5 Å². The van der Waals surface area contributed by atoms with Crippen LogP contribution < -0.4 is 16.0 Å². The third kappa shape index (κ3) is 4.18. The number of amides is 3. The second kappa shape index (κ2) is 8.38. The van der Waals surface area contributed by atoms with Crippen LogP contribution in [0.5, 0.6) is 0 Å². The molecule has 0 bridgehead atoms. The number of halogens is 1. The summed E-state index contributed by atoms with van der Waals surface area (Å²) >= 11 is 6.02. The number of carbonyl (C=O) groups excluding carboxylic acids is 3. The van der Waals surface area contributed by atoms with E-state index in [9.17, 15) is 14.4 Å². The van der Waals surface area contributed by atoms with Crippen molar-refractivity contribution in [3.63, 3.8) is 0 Å². The number of anilines is 2. The van der Waals surface area contributed by atoms with E-state index >= 15 is 0 Å². The fourth-order valence-electron chi connectivity index (χ4n) is 3.22. The van der Waals surface area contributed by atoms with Crippen LogP contribution in [0.4, 0.5) is 11.5 Å². The molecule has 9 heteroatoms. The summed E-state index contributed by atoms with van der Waals surface area (Å²) in [6.07, 6.45) is 1.12. The maximum absolute atomic E-state index is 12.6. The lowest BCUT2D eigenvalue weighted by molar-refractivity contribution is -0.118. The van der Waals surface area contributed by atoms with Crippen molar-refractivity contribution in [1.82, 2.24) is 15.5 Å². The molecule has 0 fully saturated rings. The Morgan fingerprint density at radius 1 is 1.07 bits per heavy atom. The average molecular weight is 424 g/mol. The summed E-state index contributed by atoms with van der Waals surface area (Å²) in [5, 5.41) is 15.0. The van der Waals surface area contributed by atoms with Gasteiger partial charge in [0.2, 0.25) is 5.91 Å². The second-order valence-corrected chi connectivity index (χ2v) is 7.22. The molecule has 1 atom stereocenters. The number of fused-ring (bicyclic) bond motifs is 1. The highest BCUT2D eigenvalue weighted by Gasteiger charge is 2.26. The van der Waals surface area contributed by atoms with Gasteiger partial charge in [-0.15, -0.1) is 0 Å². The van der Waals surface area contributed by atoms with E-state index < -0.39 is 17.9 Å². The van der Waals surface area contributed by atoms with Crippen LogP contribution in [0.3, 0.4) is 0 Å². The summed E-state index contributed by atoms with van der Waals surface area (Å²) in [6, 6.07) is 14.9. The van der Waals surface area contributed by atoms with Crippen molar-refractivity contribution in [3.8, 4) is 0 Å². The van der Waals surface area contributed by atoms with Crippen LogP contribution >= 0.6 is 11.6 Å². The Balaban J connectivity index is 1.40. The Kier molecular flexibility index (Phi) is 5.49. The zero-order valence-electron chi connectivity index (χ0n) is 15.7. The molecule has 1 unspecified atom stereocenters. The van der Waals surface area contributed by atoms with Gasteiger partial charge in [0.25, 0.3) is 11.8 Å². The molecule has 8 nitrogen and oxygen atoms in total. The Morgan fingerprint density at radius 3 is 2.67 bits per heavy atom. The summed E-state index contributed by atoms with van der Waals surface area (Å²) in [4.78, 5) is 37.3. The highest BCUT2D eigenvalue weighted by atomic mass is 35.5. The van der Waals surface area contributed by atoms with Gasteiger partial charge < -0.3 is 16.0 Å². The molecule has 1 aliphatic heterocycles. The van der Waals surface area contributed by atoms with E-state index in [2.05, 4.69) is 26.1 Å². The van der Waals surface area contributed by atoms with Gasteiger partial charge in [-0.1, -0.05) is 41.9 Å². The summed E-state index contributed by atoms with van der Waals surface area (Å²) in [5.41, 5.74) is 2.13. The molecule has 4 rings (SSSR count). The summed E-state index contributed by atoms with van der Waals surface area (Å²) in [5.74, 6) is -0.994. The van der Waals surface area contributed by atoms with Gasteiger partial charge >= 0.3 is 0 Å². The van der Waals surface area contributed by atoms with Gasteiger partial charge in [-0.2, -0.15) is 5.10 Å². The Hall–Kier alpha value is -3.65. The molecule has 1 aromatic heterocycles. The molecular weight excluding hydrogens is 406 g/mol. The molecule has 152 valence electrons. The fourth-order valence-corrected chi connectivity index (χ4v) is 3.44. The smallest absolute Gasteiger partial charge is 0.272 e. The van der Waals surface area contributed by atoms with E-state index in [1.165, 1.54) is 6.07 Å². The third-order valence-corrected chi connectivity index (χ3v) is 5.11. The van der Waals surface area contributed by atoms with Crippen molar-refractivity contribution in [2.24, 2.45) is 0 Å². The van der Waals surface area contributed by atoms with Crippen molar-refractivity contribution < 1.29 is 14.4 Å². The molecule has 0 saturated heterocycles. The SMILES string of the molecule is O=C(NC1CCc2ccccc2NC1=O)c1cc(NC(=O)c2ccccc2Cl)[nH]n1. The normalized spacial score (nSPS) is 15.5. The number of hydrogen-bond acceptors (Lipinski definition) is 4. The first-order valence-corrected chi connectivity index (χ1v) is 9.70. The van der Waals surface area contributed by atoms with Crippen molar-refractivity contribution in [2.75, 3.05) is 10.6 Å². The third-order valence-electron chi connectivity index (χ3n) is 4.78. The highest BCUT2D eigenvalue weighted by Crippen LogP contribution is 2.22. The van der Waals surface area contributed by atoms with E-state index in [1.807, 2.05) is 24.3 Å². The molecule has 4 N–H and O–H groups in total. The maximum Gasteiger partial charge on any atom is 0.272 e. The number of rotatable bonds is 4. The number of aromatic amines is 1. The van der Waals surface area contributed by atoms with Crippen LogP contribution in [0.15, 0.2) is 54.6 Å². The minimum Gasteiger partial charge on any atom is -0.339 e. The number of benzene rings is 2. The fraction of sp³-hybridized carbons (Fsp3) is 0.143. The van der Waals surface area contributed by atoms with Crippen LogP contribution in [0.2, 0.25) is 5.02 Å². The quantitative estimate of drug-likeness (QED) is 0.516. The number of nitrogens with one attached hydrogen (secondary N) is 4. The summed E-state index contributed by atoms with van der Waals surface area (Å²) < 4.78 is 0. The molecule has 0 radical (unpaired) electrons. The molecule has 0 aliphatic carbocycles. The van der Waals surface area contributed by atoms with Crippen LogP contribution in [-0.4, -0.2) is 34.0 Å². The van der Waals surface area contributed by atoms with E-state index in [1.54, 1.807) is 24.3 Å². The molecule has 2 aromatic carbocycles. The summed E-state index contributed by atoms with van der Waals surface area (Å²) in [7, 11) is 0. The van der Waals surface area contributed by atoms with Crippen molar-refractivity contribution in [2.45, 2.75) is 18.9 Å². The first kappa shape index (κ1) is 19.7. The summed E-state index contributed by atoms with van der Waals surface area (Å²) in [6.45, 7) is 0. The van der Waals surface area contributed by atoms with E-state index in [0.29, 0.717) is 23.4 Å². The molecule has 1 aliphatic rings. The molecule has 3 amide bonds. The van der Waals surface area contributed by atoms with E-state index in [-0.39, 0.29) is 17.4 Å². The van der Waals surface area contributed by atoms with E-state index in [0.717, 1.165) is 11.3 Å². The number of hydrogen-bond donors (Lipinski definition) is 4. The van der Waals surface area contributed by atoms with Gasteiger partial charge in [0.05, 0.1) is 10.6 Å². The predicted octanol–water partition coefficient (Wildman–Crippen LogP) is 3.00. The van der Waals surface area contributed by atoms with E-state index in [4.69, 9.17) is 11.6 Å². The molecule has 0 saturated carbocycles. The Morgan fingerprint density at radius 2 is 1.83 bits per heavy atom. The highest BCUT2D eigenvalue weighted by molar-refractivity contribution is 6.34. The second-order valence-electron chi connectivity index (χ2n) is 6.81. The number of para-hydroxylation sites is 1. The first-order chi connectivity index (χ1) is 14.5. The average Bonchev–Trinajstić information content (AvgIpc) is 3.14. The van der Waals surface area contributed by atoms with Crippen LogP contribution in [-0.2, 0) is 11.2 Å². The lowest BCUT2D eigenvalue weighted by atomic mass is 10.1. The predicted molar refractivity (Wildman–Crippen MR) is 113 cm³/mol. The molecular formula is C21H18ClN5O3. The Bertz CT molecular complexity index is 1130. The number of aryl methyl sites for hydroxylation is 1. The number of H-pyrrole nitrogens is 1. The Labute approximate surface area is 177 Å². The van der Waals surface area contributed by atoms with Gasteiger partial charge in [0.1, 0.15) is 11.9 Å². The standard InChI is InChI=1S/C21H18ClN5O3/c22-14-7-3-2-6-13(14)19(28)25-18-11-17(26-27-18)21(30)24-16-10-9-12-5-1-4-8-15(12)23-20(16)29/h1-8,11,16H,9-10H2,(H,23,29)(H,24,30)(H2,25,26,27,28). The first-order valence-electron chi connectivity index (χ1n) is 9.32. The molecule has 3 aromatic rings. The number of nitrogens with zero attached hydrogens (tertiary/aromatic N) is 1. The van der Waals surface area contributed by atoms with Crippen molar-refractivity contribution >= 4 is 40.8 Å².